The molecule has 0 saturated carbocycles. The third-order valence-electron chi connectivity index (χ3n) is 3.19. The molecule has 0 atom stereocenters. The highest BCUT2D eigenvalue weighted by Crippen LogP contribution is 2.25. The molecule has 19 heavy (non-hydrogen) atoms. The smallest absolute Gasteiger partial charge is 0.193 e. The summed E-state index contributed by atoms with van der Waals surface area (Å²) in [6.07, 6.45) is 0. The van der Waals surface area contributed by atoms with Crippen LogP contribution in [-0.4, -0.2) is 5.78 Å². The Labute approximate surface area is 130 Å². The quantitative estimate of drug-likeness (QED) is 0.639. The van der Waals surface area contributed by atoms with Gasteiger partial charge in [-0.2, -0.15) is 0 Å². The maximum atomic E-state index is 12.7. The molecule has 0 N–H and O–H groups in total. The lowest BCUT2D eigenvalue weighted by Gasteiger charge is -2.10. The fraction of sp³-hybridized carbons (Fsp3) is 0.188. The minimum atomic E-state index is 0.0758. The Kier molecular flexibility index (Phi) is 4.26. The average molecular weight is 382 g/mol. The van der Waals surface area contributed by atoms with Crippen LogP contribution in [0.15, 0.2) is 39.3 Å². The Morgan fingerprint density at radius 1 is 0.842 bits per heavy atom. The summed E-state index contributed by atoms with van der Waals surface area (Å²) in [4.78, 5) is 12.7. The lowest BCUT2D eigenvalue weighted by Crippen LogP contribution is -2.06. The van der Waals surface area contributed by atoms with E-state index in [1.165, 1.54) is 0 Å². The second-order valence-electron chi connectivity index (χ2n) is 4.70. The van der Waals surface area contributed by atoms with Crippen LogP contribution in [0.5, 0.6) is 0 Å². The van der Waals surface area contributed by atoms with Gasteiger partial charge in [-0.3, -0.25) is 4.79 Å². The molecule has 0 spiro atoms. The minimum absolute atomic E-state index is 0.0758. The summed E-state index contributed by atoms with van der Waals surface area (Å²) in [5.41, 5.74) is 4.57. The molecule has 0 aliphatic carbocycles. The lowest BCUT2D eigenvalue weighted by atomic mass is 9.95. The molecule has 0 aromatic heterocycles. The molecule has 0 aliphatic rings. The standard InChI is InChI=1S/C16H14Br2O/c1-9-4-5-12(17)8-14(9)16(19)13-6-11(3)15(18)7-10(13)2/h4-8H,1-3H3. The highest BCUT2D eigenvalue weighted by atomic mass is 79.9. The van der Waals surface area contributed by atoms with E-state index < -0.39 is 0 Å². The predicted octanol–water partition coefficient (Wildman–Crippen LogP) is 5.37. The molecule has 0 unspecified atom stereocenters. The molecule has 0 radical (unpaired) electrons. The van der Waals surface area contributed by atoms with Gasteiger partial charge in [-0.15, -0.1) is 0 Å². The number of hydrogen-bond acceptors (Lipinski definition) is 1. The van der Waals surface area contributed by atoms with Gasteiger partial charge in [0, 0.05) is 20.1 Å². The summed E-state index contributed by atoms with van der Waals surface area (Å²) >= 11 is 6.91. The van der Waals surface area contributed by atoms with Crippen molar-refractivity contribution in [2.24, 2.45) is 0 Å². The van der Waals surface area contributed by atoms with Gasteiger partial charge in [0.2, 0.25) is 0 Å². The van der Waals surface area contributed by atoms with E-state index in [-0.39, 0.29) is 5.78 Å². The molecule has 98 valence electrons. The molecule has 0 aliphatic heterocycles. The van der Waals surface area contributed by atoms with E-state index in [0.717, 1.165) is 36.8 Å². The molecular weight excluding hydrogens is 368 g/mol. The van der Waals surface area contributed by atoms with Crippen LogP contribution in [0.3, 0.4) is 0 Å². The molecule has 2 rings (SSSR count). The van der Waals surface area contributed by atoms with Crippen molar-refractivity contribution in [1.82, 2.24) is 0 Å². The van der Waals surface area contributed by atoms with Gasteiger partial charge in [0.25, 0.3) is 0 Å². The Morgan fingerprint density at radius 3 is 2.16 bits per heavy atom. The fourth-order valence-electron chi connectivity index (χ4n) is 2.01. The number of benzene rings is 2. The van der Waals surface area contributed by atoms with Crippen molar-refractivity contribution in [2.75, 3.05) is 0 Å². The number of rotatable bonds is 2. The van der Waals surface area contributed by atoms with Crippen molar-refractivity contribution in [3.8, 4) is 0 Å². The summed E-state index contributed by atoms with van der Waals surface area (Å²) in [6, 6.07) is 9.73. The first kappa shape index (κ1) is 14.5. The molecule has 2 aromatic carbocycles. The Morgan fingerprint density at radius 2 is 1.47 bits per heavy atom. The zero-order valence-corrected chi connectivity index (χ0v) is 14.2. The first-order valence-corrected chi connectivity index (χ1v) is 7.56. The number of carbonyl (C=O) groups is 1. The maximum absolute atomic E-state index is 12.7. The van der Waals surface area contributed by atoms with Gasteiger partial charge in [0.15, 0.2) is 5.78 Å². The molecule has 0 saturated heterocycles. The fourth-order valence-corrected chi connectivity index (χ4v) is 2.83. The minimum Gasteiger partial charge on any atom is -0.289 e. The van der Waals surface area contributed by atoms with Crippen LogP contribution in [0.1, 0.15) is 32.6 Å². The summed E-state index contributed by atoms with van der Waals surface area (Å²) in [5.74, 6) is 0.0758. The van der Waals surface area contributed by atoms with Crippen molar-refractivity contribution in [2.45, 2.75) is 20.8 Å². The third kappa shape index (κ3) is 2.98. The summed E-state index contributed by atoms with van der Waals surface area (Å²) in [7, 11) is 0. The van der Waals surface area contributed by atoms with Crippen LogP contribution in [0.25, 0.3) is 0 Å². The van der Waals surface area contributed by atoms with E-state index >= 15 is 0 Å². The topological polar surface area (TPSA) is 17.1 Å². The summed E-state index contributed by atoms with van der Waals surface area (Å²) in [5, 5.41) is 0. The lowest BCUT2D eigenvalue weighted by molar-refractivity contribution is 0.103. The number of halogens is 2. The SMILES string of the molecule is Cc1cc(C(=O)c2cc(Br)ccc2C)c(C)cc1Br. The van der Waals surface area contributed by atoms with E-state index in [2.05, 4.69) is 31.9 Å². The molecule has 3 heteroatoms. The predicted molar refractivity (Wildman–Crippen MR) is 85.9 cm³/mol. The second kappa shape index (κ2) is 5.59. The van der Waals surface area contributed by atoms with Gasteiger partial charge in [0.05, 0.1) is 0 Å². The van der Waals surface area contributed by atoms with Crippen molar-refractivity contribution in [1.29, 1.82) is 0 Å². The molecule has 1 nitrogen and oxygen atoms in total. The van der Waals surface area contributed by atoms with E-state index in [1.807, 2.05) is 51.1 Å². The normalized spacial score (nSPS) is 10.6. The van der Waals surface area contributed by atoms with Crippen LogP contribution < -0.4 is 0 Å². The van der Waals surface area contributed by atoms with Crippen molar-refractivity contribution >= 4 is 37.6 Å². The number of aryl methyl sites for hydroxylation is 3. The molecule has 0 amide bonds. The monoisotopic (exact) mass is 380 g/mol. The first-order valence-electron chi connectivity index (χ1n) is 5.97. The van der Waals surface area contributed by atoms with Gasteiger partial charge in [-0.05, 0) is 61.7 Å². The van der Waals surface area contributed by atoms with Crippen LogP contribution in [0.2, 0.25) is 0 Å². The van der Waals surface area contributed by atoms with E-state index in [9.17, 15) is 4.79 Å². The van der Waals surface area contributed by atoms with E-state index in [4.69, 9.17) is 0 Å². The van der Waals surface area contributed by atoms with Crippen molar-refractivity contribution in [3.05, 3.63) is 67.1 Å². The number of ketones is 1. The summed E-state index contributed by atoms with van der Waals surface area (Å²) < 4.78 is 1.96. The van der Waals surface area contributed by atoms with Gasteiger partial charge in [-0.1, -0.05) is 37.9 Å². The van der Waals surface area contributed by atoms with Crippen LogP contribution >= 0.6 is 31.9 Å². The number of carbonyl (C=O) groups excluding carboxylic acids is 1. The number of hydrogen-bond donors (Lipinski definition) is 0. The zero-order valence-electron chi connectivity index (χ0n) is 11.1. The van der Waals surface area contributed by atoms with Crippen molar-refractivity contribution in [3.63, 3.8) is 0 Å². The first-order chi connectivity index (χ1) is 8.90. The summed E-state index contributed by atoms with van der Waals surface area (Å²) in [6.45, 7) is 5.92. The van der Waals surface area contributed by atoms with Gasteiger partial charge < -0.3 is 0 Å². The molecular formula is C16H14Br2O. The van der Waals surface area contributed by atoms with Gasteiger partial charge in [0.1, 0.15) is 0 Å². The van der Waals surface area contributed by atoms with Gasteiger partial charge in [-0.25, -0.2) is 0 Å². The zero-order chi connectivity index (χ0) is 14.2. The Bertz CT molecular complexity index is 660. The maximum Gasteiger partial charge on any atom is 0.193 e. The second-order valence-corrected chi connectivity index (χ2v) is 6.47. The van der Waals surface area contributed by atoms with Gasteiger partial charge >= 0.3 is 0 Å². The van der Waals surface area contributed by atoms with Crippen LogP contribution in [0, 0.1) is 20.8 Å². The van der Waals surface area contributed by atoms with Crippen molar-refractivity contribution < 1.29 is 4.79 Å². The molecule has 0 heterocycles. The largest absolute Gasteiger partial charge is 0.289 e. The Balaban J connectivity index is 2.56. The average Bonchev–Trinajstić information content (AvgIpc) is 2.36. The van der Waals surface area contributed by atoms with E-state index in [1.54, 1.807) is 0 Å². The third-order valence-corrected chi connectivity index (χ3v) is 4.54. The highest BCUT2D eigenvalue weighted by Gasteiger charge is 2.15. The molecule has 2 aromatic rings. The van der Waals surface area contributed by atoms with Crippen LogP contribution in [-0.2, 0) is 0 Å². The van der Waals surface area contributed by atoms with E-state index in [0.29, 0.717) is 0 Å². The highest BCUT2D eigenvalue weighted by molar-refractivity contribution is 9.10. The Hall–Kier alpha value is -0.930. The molecule has 0 bridgehead atoms. The van der Waals surface area contributed by atoms with Crippen LogP contribution in [0.4, 0.5) is 0 Å². The molecule has 0 fully saturated rings.